The Hall–Kier alpha value is -4.62. The molecule has 2 amide bonds. The Morgan fingerprint density at radius 3 is 2.33 bits per heavy atom. The number of ether oxygens (including phenoxy) is 1. The van der Waals surface area contributed by atoms with E-state index in [4.69, 9.17) is 13.6 Å². The lowest BCUT2D eigenvalue weighted by Gasteiger charge is -2.09. The molecule has 0 bridgehead atoms. The molecule has 188 valence electrons. The Morgan fingerprint density at radius 2 is 1.67 bits per heavy atom. The quantitative estimate of drug-likeness (QED) is 0.210. The zero-order chi connectivity index (χ0) is 26.0. The minimum absolute atomic E-state index is 0.0510. The van der Waals surface area contributed by atoms with Crippen molar-refractivity contribution in [1.29, 1.82) is 0 Å². The van der Waals surface area contributed by atoms with Gasteiger partial charge in [0.2, 0.25) is 29.1 Å². The average Bonchev–Trinajstić information content (AvgIpc) is 3.61. The maximum atomic E-state index is 13.7. The number of anilines is 1. The van der Waals surface area contributed by atoms with E-state index >= 15 is 0 Å². The molecule has 0 spiro atoms. The van der Waals surface area contributed by atoms with Crippen molar-refractivity contribution < 1.29 is 45.1 Å². The lowest BCUT2D eigenvalue weighted by Crippen LogP contribution is -2.25. The summed E-state index contributed by atoms with van der Waals surface area (Å²) in [5, 5.41) is 9.05. The number of aromatic nitrogens is 2. The molecule has 0 aliphatic carbocycles. The van der Waals surface area contributed by atoms with E-state index in [-0.39, 0.29) is 29.4 Å². The fourth-order valence-electron chi connectivity index (χ4n) is 3.03. The highest BCUT2D eigenvalue weighted by molar-refractivity contribution is 6.07. The standard InChI is InChI=1S/C22H15F5N4O5/c1-31-8-12(19(30-31)22(33)28-7-10-3-2-6-34-10)29-21(32)13-5-4-11(36-13)9-35-20-17(26)15(24)14(23)16(25)18(20)27/h2-6,8H,7,9H2,1H3,(H,28,33)(H,29,32). The Kier molecular flexibility index (Phi) is 6.76. The Morgan fingerprint density at radius 1 is 0.972 bits per heavy atom. The zero-order valence-electron chi connectivity index (χ0n) is 18.2. The molecule has 4 rings (SSSR count). The number of benzene rings is 1. The van der Waals surface area contributed by atoms with Gasteiger partial charge in [0.05, 0.1) is 18.5 Å². The van der Waals surface area contributed by atoms with E-state index in [0.29, 0.717) is 5.76 Å². The first kappa shape index (κ1) is 24.5. The van der Waals surface area contributed by atoms with Gasteiger partial charge in [0, 0.05) is 13.2 Å². The Bertz CT molecular complexity index is 1400. The topological polar surface area (TPSA) is 112 Å². The van der Waals surface area contributed by atoms with E-state index in [0.717, 1.165) is 0 Å². The van der Waals surface area contributed by atoms with Gasteiger partial charge in [-0.3, -0.25) is 14.3 Å². The van der Waals surface area contributed by atoms with Crippen molar-refractivity contribution in [2.24, 2.45) is 7.05 Å². The van der Waals surface area contributed by atoms with Gasteiger partial charge in [-0.25, -0.2) is 13.2 Å². The van der Waals surface area contributed by atoms with E-state index < -0.39 is 53.3 Å². The smallest absolute Gasteiger partial charge is 0.291 e. The summed E-state index contributed by atoms with van der Waals surface area (Å²) in [5.41, 5.74) is -0.0473. The molecule has 2 N–H and O–H groups in total. The van der Waals surface area contributed by atoms with Gasteiger partial charge in [-0.1, -0.05) is 0 Å². The van der Waals surface area contributed by atoms with Gasteiger partial charge in [0.1, 0.15) is 18.1 Å². The van der Waals surface area contributed by atoms with Gasteiger partial charge in [0.25, 0.3) is 11.8 Å². The lowest BCUT2D eigenvalue weighted by molar-refractivity contribution is 0.0943. The van der Waals surface area contributed by atoms with E-state index in [1.807, 2.05) is 0 Å². The number of nitrogens with one attached hydrogen (secondary N) is 2. The molecule has 0 fully saturated rings. The summed E-state index contributed by atoms with van der Waals surface area (Å²) in [5.74, 6) is -13.8. The number of nitrogens with zero attached hydrogens (tertiary/aromatic N) is 2. The van der Waals surface area contributed by atoms with Crippen LogP contribution < -0.4 is 15.4 Å². The maximum absolute atomic E-state index is 13.7. The zero-order valence-corrected chi connectivity index (χ0v) is 18.2. The van der Waals surface area contributed by atoms with E-state index in [9.17, 15) is 31.5 Å². The van der Waals surface area contributed by atoms with Crippen LogP contribution in [0.5, 0.6) is 5.75 Å². The van der Waals surface area contributed by atoms with Gasteiger partial charge in [-0.15, -0.1) is 0 Å². The minimum Gasteiger partial charge on any atom is -0.479 e. The van der Waals surface area contributed by atoms with E-state index in [1.54, 1.807) is 12.1 Å². The second-order valence-corrected chi connectivity index (χ2v) is 7.23. The van der Waals surface area contributed by atoms with Crippen LogP contribution in [-0.4, -0.2) is 21.6 Å². The molecular weight excluding hydrogens is 495 g/mol. The Labute approximate surface area is 198 Å². The first-order valence-corrected chi connectivity index (χ1v) is 10.0. The highest BCUT2D eigenvalue weighted by Crippen LogP contribution is 2.30. The summed E-state index contributed by atoms with van der Waals surface area (Å²) in [6.45, 7) is -0.667. The molecule has 9 nitrogen and oxygen atoms in total. The van der Waals surface area contributed by atoms with Crippen LogP contribution in [0.25, 0.3) is 0 Å². The summed E-state index contributed by atoms with van der Waals surface area (Å²) < 4.78 is 83.5. The maximum Gasteiger partial charge on any atom is 0.291 e. The van der Waals surface area contributed by atoms with E-state index in [1.165, 1.54) is 36.3 Å². The van der Waals surface area contributed by atoms with Gasteiger partial charge < -0.3 is 24.2 Å². The SMILES string of the molecule is Cn1cc(NC(=O)c2ccc(COc3c(F)c(F)c(F)c(F)c3F)o2)c(C(=O)NCc2ccco2)n1. The molecule has 3 aromatic heterocycles. The van der Waals surface area contributed by atoms with Gasteiger partial charge in [-0.05, 0) is 24.3 Å². The number of aryl methyl sites for hydroxylation is 1. The van der Waals surface area contributed by atoms with Crippen LogP contribution in [0.4, 0.5) is 27.6 Å². The molecule has 36 heavy (non-hydrogen) atoms. The van der Waals surface area contributed by atoms with Crippen molar-refractivity contribution in [3.63, 3.8) is 0 Å². The summed E-state index contributed by atoms with van der Waals surface area (Å²) in [7, 11) is 1.53. The number of halogens is 5. The van der Waals surface area contributed by atoms with Crippen LogP contribution >= 0.6 is 0 Å². The summed E-state index contributed by atoms with van der Waals surface area (Å²) in [6, 6.07) is 5.69. The predicted molar refractivity (Wildman–Crippen MR) is 110 cm³/mol. The number of carbonyl (C=O) groups is 2. The average molecular weight is 510 g/mol. The van der Waals surface area contributed by atoms with Crippen LogP contribution in [0.15, 0.2) is 45.6 Å². The molecule has 1 aromatic carbocycles. The molecule has 0 saturated heterocycles. The van der Waals surface area contributed by atoms with Crippen molar-refractivity contribution in [1.82, 2.24) is 15.1 Å². The Balaban J connectivity index is 1.42. The number of hydrogen-bond acceptors (Lipinski definition) is 6. The van der Waals surface area contributed by atoms with Crippen LogP contribution in [0.2, 0.25) is 0 Å². The second kappa shape index (κ2) is 9.93. The molecule has 0 aliphatic heterocycles. The van der Waals surface area contributed by atoms with Gasteiger partial charge >= 0.3 is 0 Å². The highest BCUT2D eigenvalue weighted by Gasteiger charge is 2.27. The predicted octanol–water partition coefficient (Wildman–Crippen LogP) is 4.06. The number of amides is 2. The van der Waals surface area contributed by atoms with Crippen molar-refractivity contribution in [3.8, 4) is 5.75 Å². The van der Waals surface area contributed by atoms with Crippen molar-refractivity contribution in [2.75, 3.05) is 5.32 Å². The molecule has 0 aliphatic rings. The first-order valence-electron chi connectivity index (χ1n) is 10.0. The number of rotatable bonds is 8. The second-order valence-electron chi connectivity index (χ2n) is 7.23. The first-order chi connectivity index (χ1) is 17.2. The summed E-state index contributed by atoms with van der Waals surface area (Å²) in [6.07, 6.45) is 2.82. The normalized spacial score (nSPS) is 10.9. The number of hydrogen-bond donors (Lipinski definition) is 2. The molecule has 0 atom stereocenters. The summed E-state index contributed by atoms with van der Waals surface area (Å²) in [4.78, 5) is 25.1. The fraction of sp³-hybridized carbons (Fsp3) is 0.136. The summed E-state index contributed by atoms with van der Waals surface area (Å²) >= 11 is 0. The molecule has 0 saturated carbocycles. The number of furan rings is 2. The van der Waals surface area contributed by atoms with Crippen molar-refractivity contribution in [3.05, 3.63) is 88.8 Å². The molecular formula is C22H15F5N4O5. The number of carbonyl (C=O) groups excluding carboxylic acids is 2. The van der Waals surface area contributed by atoms with Crippen LogP contribution in [0, 0.1) is 29.1 Å². The van der Waals surface area contributed by atoms with Crippen molar-refractivity contribution >= 4 is 17.5 Å². The lowest BCUT2D eigenvalue weighted by atomic mass is 10.2. The van der Waals surface area contributed by atoms with Gasteiger partial charge in [-0.2, -0.15) is 13.9 Å². The molecule has 14 heteroatoms. The third-order valence-electron chi connectivity index (χ3n) is 4.71. The van der Waals surface area contributed by atoms with Crippen LogP contribution in [0.3, 0.4) is 0 Å². The molecule has 3 heterocycles. The third kappa shape index (κ3) is 4.92. The largest absolute Gasteiger partial charge is 0.479 e. The van der Waals surface area contributed by atoms with Gasteiger partial charge in [0.15, 0.2) is 17.2 Å². The third-order valence-corrected chi connectivity index (χ3v) is 4.71. The van der Waals surface area contributed by atoms with Crippen molar-refractivity contribution in [2.45, 2.75) is 13.2 Å². The molecule has 0 unspecified atom stereocenters. The molecule has 4 aromatic rings. The van der Waals surface area contributed by atoms with Crippen LogP contribution in [0.1, 0.15) is 32.6 Å². The van der Waals surface area contributed by atoms with Crippen LogP contribution in [-0.2, 0) is 20.2 Å². The minimum atomic E-state index is -2.32. The fourth-order valence-corrected chi connectivity index (χ4v) is 3.03. The van der Waals surface area contributed by atoms with E-state index in [2.05, 4.69) is 15.7 Å². The molecule has 0 radical (unpaired) electrons. The highest BCUT2D eigenvalue weighted by atomic mass is 19.2. The monoisotopic (exact) mass is 510 g/mol.